The highest BCUT2D eigenvalue weighted by Gasteiger charge is 2.31. The first-order valence-electron chi connectivity index (χ1n) is 6.59. The molecule has 108 valence electrons. The van der Waals surface area contributed by atoms with E-state index < -0.39 is 17.8 Å². The van der Waals surface area contributed by atoms with Crippen molar-refractivity contribution in [3.8, 4) is 0 Å². The van der Waals surface area contributed by atoms with E-state index in [-0.39, 0.29) is 11.4 Å². The van der Waals surface area contributed by atoms with Crippen molar-refractivity contribution in [2.75, 3.05) is 6.54 Å². The lowest BCUT2D eigenvalue weighted by Gasteiger charge is -2.35. The maximum Gasteiger partial charge on any atom is 0.257 e. The third-order valence-corrected chi connectivity index (χ3v) is 3.57. The van der Waals surface area contributed by atoms with Gasteiger partial charge in [0, 0.05) is 6.54 Å². The maximum absolute atomic E-state index is 13.8. The van der Waals surface area contributed by atoms with Gasteiger partial charge in [-0.25, -0.2) is 4.39 Å². The van der Waals surface area contributed by atoms with Crippen LogP contribution in [0, 0.1) is 12.7 Å². The number of oxime groups is 1. The van der Waals surface area contributed by atoms with Gasteiger partial charge >= 0.3 is 0 Å². The summed E-state index contributed by atoms with van der Waals surface area (Å²) >= 11 is 0. The number of likely N-dealkylation sites (tertiary alicyclic amines) is 1. The Morgan fingerprint density at radius 3 is 2.95 bits per heavy atom. The van der Waals surface area contributed by atoms with E-state index in [4.69, 9.17) is 10.9 Å². The highest BCUT2D eigenvalue weighted by atomic mass is 19.1. The minimum atomic E-state index is -0.551. The van der Waals surface area contributed by atoms with Crippen LogP contribution in [0.1, 0.15) is 35.2 Å². The van der Waals surface area contributed by atoms with Gasteiger partial charge in [-0.05, 0) is 38.3 Å². The first-order chi connectivity index (χ1) is 9.54. The van der Waals surface area contributed by atoms with Crippen molar-refractivity contribution >= 4 is 11.7 Å². The first-order valence-corrected chi connectivity index (χ1v) is 6.59. The molecule has 0 aromatic heterocycles. The Balaban J connectivity index is 2.32. The Hall–Kier alpha value is -2.11. The van der Waals surface area contributed by atoms with Crippen LogP contribution in [-0.4, -0.2) is 34.4 Å². The SMILES string of the molecule is Cc1ccc(F)c(C(=O)N2CCCCC2C(N)=NO)c1. The third-order valence-electron chi connectivity index (χ3n) is 3.57. The summed E-state index contributed by atoms with van der Waals surface area (Å²) in [6.45, 7) is 2.28. The van der Waals surface area contributed by atoms with Crippen LogP contribution in [0.2, 0.25) is 0 Å². The molecule has 20 heavy (non-hydrogen) atoms. The summed E-state index contributed by atoms with van der Waals surface area (Å²) in [5.41, 5.74) is 6.48. The van der Waals surface area contributed by atoms with Gasteiger partial charge in [-0.1, -0.05) is 16.8 Å². The second kappa shape index (κ2) is 5.90. The number of amides is 1. The second-order valence-corrected chi connectivity index (χ2v) is 5.02. The molecule has 1 aliphatic heterocycles. The first kappa shape index (κ1) is 14.3. The zero-order valence-electron chi connectivity index (χ0n) is 11.3. The highest BCUT2D eigenvalue weighted by Crippen LogP contribution is 2.21. The Morgan fingerprint density at radius 2 is 2.25 bits per heavy atom. The molecule has 5 nitrogen and oxygen atoms in total. The topological polar surface area (TPSA) is 78.9 Å². The number of benzene rings is 1. The van der Waals surface area contributed by atoms with E-state index >= 15 is 0 Å². The van der Waals surface area contributed by atoms with Crippen molar-refractivity contribution in [1.29, 1.82) is 0 Å². The molecule has 0 spiro atoms. The van der Waals surface area contributed by atoms with Crippen LogP contribution >= 0.6 is 0 Å². The van der Waals surface area contributed by atoms with E-state index in [1.54, 1.807) is 13.0 Å². The normalized spacial score (nSPS) is 20.0. The summed E-state index contributed by atoms with van der Waals surface area (Å²) in [7, 11) is 0. The van der Waals surface area contributed by atoms with Crippen LogP contribution in [0.25, 0.3) is 0 Å². The van der Waals surface area contributed by atoms with Crippen LogP contribution in [0.4, 0.5) is 4.39 Å². The fraction of sp³-hybridized carbons (Fsp3) is 0.429. The molecule has 1 aromatic rings. The predicted octanol–water partition coefficient (Wildman–Crippen LogP) is 1.88. The van der Waals surface area contributed by atoms with Gasteiger partial charge in [0.25, 0.3) is 5.91 Å². The van der Waals surface area contributed by atoms with E-state index in [9.17, 15) is 9.18 Å². The number of hydrogen-bond donors (Lipinski definition) is 2. The van der Waals surface area contributed by atoms with Crippen molar-refractivity contribution < 1.29 is 14.4 Å². The molecule has 2 rings (SSSR count). The number of piperidine rings is 1. The molecule has 1 amide bonds. The number of amidine groups is 1. The van der Waals surface area contributed by atoms with E-state index in [0.29, 0.717) is 13.0 Å². The van der Waals surface area contributed by atoms with Crippen molar-refractivity contribution in [3.63, 3.8) is 0 Å². The summed E-state index contributed by atoms with van der Waals surface area (Å²) in [5, 5.41) is 11.8. The quantitative estimate of drug-likeness (QED) is 0.375. The second-order valence-electron chi connectivity index (χ2n) is 5.02. The van der Waals surface area contributed by atoms with Gasteiger partial charge in [-0.3, -0.25) is 4.79 Å². The number of carbonyl (C=O) groups excluding carboxylic acids is 1. The fourth-order valence-electron chi connectivity index (χ4n) is 2.51. The minimum absolute atomic E-state index is 0.00823. The van der Waals surface area contributed by atoms with E-state index in [2.05, 4.69) is 5.16 Å². The van der Waals surface area contributed by atoms with Gasteiger partial charge in [0.1, 0.15) is 5.82 Å². The molecule has 0 saturated carbocycles. The molecule has 1 fully saturated rings. The molecular formula is C14H18FN3O2. The Bertz CT molecular complexity index is 545. The van der Waals surface area contributed by atoms with Crippen LogP contribution in [0.5, 0.6) is 0 Å². The largest absolute Gasteiger partial charge is 0.409 e. The Morgan fingerprint density at radius 1 is 1.50 bits per heavy atom. The number of hydrogen-bond acceptors (Lipinski definition) is 3. The summed E-state index contributed by atoms with van der Waals surface area (Å²) in [5.74, 6) is -0.974. The Labute approximate surface area is 116 Å². The lowest BCUT2D eigenvalue weighted by atomic mass is 9.99. The molecular weight excluding hydrogens is 261 g/mol. The molecule has 1 unspecified atom stereocenters. The van der Waals surface area contributed by atoms with E-state index in [1.165, 1.54) is 17.0 Å². The number of nitrogens with two attached hydrogens (primary N) is 1. The van der Waals surface area contributed by atoms with Crippen LogP contribution < -0.4 is 5.73 Å². The smallest absolute Gasteiger partial charge is 0.257 e. The van der Waals surface area contributed by atoms with Gasteiger partial charge in [0.2, 0.25) is 0 Å². The van der Waals surface area contributed by atoms with Crippen molar-refractivity contribution in [2.24, 2.45) is 10.9 Å². The predicted molar refractivity (Wildman–Crippen MR) is 73.2 cm³/mol. The molecule has 0 bridgehead atoms. The number of rotatable bonds is 2. The fourth-order valence-corrected chi connectivity index (χ4v) is 2.51. The lowest BCUT2D eigenvalue weighted by Crippen LogP contribution is -2.50. The molecule has 1 saturated heterocycles. The Kier molecular flexibility index (Phi) is 4.22. The monoisotopic (exact) mass is 279 g/mol. The van der Waals surface area contributed by atoms with Gasteiger partial charge in [0.05, 0.1) is 11.6 Å². The molecule has 0 radical (unpaired) electrons. The van der Waals surface area contributed by atoms with Crippen LogP contribution in [0.3, 0.4) is 0 Å². The minimum Gasteiger partial charge on any atom is -0.409 e. The number of carbonyl (C=O) groups is 1. The summed E-state index contributed by atoms with van der Waals surface area (Å²) in [6, 6.07) is 3.95. The average Bonchev–Trinajstić information content (AvgIpc) is 2.48. The zero-order valence-corrected chi connectivity index (χ0v) is 11.3. The van der Waals surface area contributed by atoms with Crippen molar-refractivity contribution in [1.82, 2.24) is 4.90 Å². The van der Waals surface area contributed by atoms with Gasteiger partial charge in [-0.15, -0.1) is 0 Å². The zero-order chi connectivity index (χ0) is 14.7. The molecule has 0 aliphatic carbocycles. The number of halogens is 1. The van der Waals surface area contributed by atoms with Gasteiger partial charge in [0.15, 0.2) is 5.84 Å². The van der Waals surface area contributed by atoms with E-state index in [0.717, 1.165) is 18.4 Å². The van der Waals surface area contributed by atoms with Crippen LogP contribution in [0.15, 0.2) is 23.4 Å². The number of nitrogens with zero attached hydrogens (tertiary/aromatic N) is 2. The van der Waals surface area contributed by atoms with Crippen molar-refractivity contribution in [3.05, 3.63) is 35.1 Å². The average molecular weight is 279 g/mol. The number of aryl methyl sites for hydroxylation is 1. The summed E-state index contributed by atoms with van der Waals surface area (Å²) in [4.78, 5) is 14.0. The summed E-state index contributed by atoms with van der Waals surface area (Å²) < 4.78 is 13.8. The lowest BCUT2D eigenvalue weighted by molar-refractivity contribution is 0.0671. The summed E-state index contributed by atoms with van der Waals surface area (Å²) in [6.07, 6.45) is 2.34. The van der Waals surface area contributed by atoms with Crippen LogP contribution in [-0.2, 0) is 0 Å². The van der Waals surface area contributed by atoms with Gasteiger partial charge in [-0.2, -0.15) is 0 Å². The molecule has 3 N–H and O–H groups in total. The maximum atomic E-state index is 13.8. The molecule has 1 heterocycles. The molecule has 1 aromatic carbocycles. The van der Waals surface area contributed by atoms with Crippen molar-refractivity contribution in [2.45, 2.75) is 32.2 Å². The molecule has 1 atom stereocenters. The highest BCUT2D eigenvalue weighted by molar-refractivity contribution is 5.98. The standard InChI is InChI=1S/C14H18FN3O2/c1-9-5-6-11(15)10(8-9)14(19)18-7-3-2-4-12(18)13(16)17-20/h5-6,8,12,20H,2-4,7H2,1H3,(H2,16,17). The van der Waals surface area contributed by atoms with E-state index in [1.807, 2.05) is 0 Å². The van der Waals surface area contributed by atoms with Gasteiger partial charge < -0.3 is 15.8 Å². The third kappa shape index (κ3) is 2.74. The molecule has 1 aliphatic rings. The molecule has 6 heteroatoms.